The molecule has 0 radical (unpaired) electrons. The summed E-state index contributed by atoms with van der Waals surface area (Å²) in [5.74, 6) is -0.766. The fraction of sp³-hybridized carbons (Fsp3) is 0.286. The zero-order valence-electron chi connectivity index (χ0n) is 10.8. The van der Waals surface area contributed by atoms with Crippen LogP contribution < -0.4 is 10.2 Å². The average Bonchev–Trinajstić information content (AvgIpc) is 2.51. The van der Waals surface area contributed by atoms with Gasteiger partial charge in [0.2, 0.25) is 0 Å². The minimum Gasteiger partial charge on any atom is -0.367 e. The van der Waals surface area contributed by atoms with Crippen molar-refractivity contribution in [1.29, 1.82) is 0 Å². The molecule has 1 N–H and O–H groups in total. The highest BCUT2D eigenvalue weighted by molar-refractivity contribution is 5.62. The molecule has 0 atom stereocenters. The molecule has 0 aliphatic carbocycles. The molecule has 6 heteroatoms. The maximum Gasteiger partial charge on any atom is 0.162 e. The highest BCUT2D eigenvalue weighted by Crippen LogP contribution is 2.28. The van der Waals surface area contributed by atoms with Crippen LogP contribution >= 0.6 is 0 Å². The summed E-state index contributed by atoms with van der Waals surface area (Å²) >= 11 is 0. The van der Waals surface area contributed by atoms with Gasteiger partial charge in [0, 0.05) is 44.6 Å². The number of benzene rings is 1. The Bertz CT molecular complexity index is 598. The first kappa shape index (κ1) is 12.9. The normalized spacial score (nSPS) is 15.4. The van der Waals surface area contributed by atoms with Gasteiger partial charge in [-0.05, 0) is 12.1 Å². The molecule has 20 heavy (non-hydrogen) atoms. The maximum absolute atomic E-state index is 14.2. The zero-order valence-corrected chi connectivity index (χ0v) is 10.8. The van der Waals surface area contributed by atoms with Gasteiger partial charge in [-0.25, -0.2) is 18.7 Å². The van der Waals surface area contributed by atoms with Gasteiger partial charge in [-0.3, -0.25) is 0 Å². The second-order valence-corrected chi connectivity index (χ2v) is 4.59. The lowest BCUT2D eigenvalue weighted by molar-refractivity contribution is 0.558. The Balaban J connectivity index is 1.98. The highest BCUT2D eigenvalue weighted by Gasteiger charge is 2.18. The van der Waals surface area contributed by atoms with Gasteiger partial charge in [0.1, 0.15) is 11.6 Å². The Morgan fingerprint density at radius 1 is 1.00 bits per heavy atom. The van der Waals surface area contributed by atoms with E-state index >= 15 is 0 Å². The largest absolute Gasteiger partial charge is 0.367 e. The summed E-state index contributed by atoms with van der Waals surface area (Å²) < 4.78 is 28.4. The van der Waals surface area contributed by atoms with Crippen molar-refractivity contribution in [3.8, 4) is 11.4 Å². The molecular formula is C14H14F2N4. The summed E-state index contributed by atoms with van der Waals surface area (Å²) in [5.41, 5.74) is 0.380. The van der Waals surface area contributed by atoms with E-state index in [1.807, 2.05) is 4.90 Å². The second-order valence-electron chi connectivity index (χ2n) is 4.59. The van der Waals surface area contributed by atoms with E-state index in [0.717, 1.165) is 13.1 Å². The number of piperazine rings is 1. The van der Waals surface area contributed by atoms with E-state index < -0.39 is 11.6 Å². The third kappa shape index (κ3) is 2.46. The van der Waals surface area contributed by atoms with E-state index in [0.29, 0.717) is 18.8 Å². The van der Waals surface area contributed by atoms with Crippen molar-refractivity contribution in [1.82, 2.24) is 15.3 Å². The van der Waals surface area contributed by atoms with Crippen molar-refractivity contribution >= 4 is 5.69 Å². The van der Waals surface area contributed by atoms with E-state index in [4.69, 9.17) is 0 Å². The summed E-state index contributed by atoms with van der Waals surface area (Å²) in [7, 11) is 0. The lowest BCUT2D eigenvalue weighted by Gasteiger charge is -2.29. The van der Waals surface area contributed by atoms with E-state index in [1.54, 1.807) is 6.07 Å². The number of nitrogens with zero attached hydrogens (tertiary/aromatic N) is 3. The molecule has 0 bridgehead atoms. The molecule has 1 aliphatic rings. The van der Waals surface area contributed by atoms with Gasteiger partial charge in [0.05, 0.1) is 11.3 Å². The molecule has 0 saturated carbocycles. The third-order valence-electron chi connectivity index (χ3n) is 3.30. The van der Waals surface area contributed by atoms with Crippen LogP contribution in [0, 0.1) is 11.6 Å². The SMILES string of the molecule is Fc1cc(N2CCNCC2)c(F)cc1-c1ncccn1. The average molecular weight is 276 g/mol. The molecule has 1 saturated heterocycles. The molecule has 2 heterocycles. The Morgan fingerprint density at radius 3 is 2.40 bits per heavy atom. The number of nitrogens with one attached hydrogen (secondary N) is 1. The predicted molar refractivity (Wildman–Crippen MR) is 72.5 cm³/mol. The van der Waals surface area contributed by atoms with Crippen LogP contribution in [0.3, 0.4) is 0 Å². The molecule has 104 valence electrons. The van der Waals surface area contributed by atoms with Crippen LogP contribution in [0.2, 0.25) is 0 Å². The molecule has 1 aliphatic heterocycles. The van der Waals surface area contributed by atoms with Crippen molar-refractivity contribution in [2.24, 2.45) is 0 Å². The van der Waals surface area contributed by atoms with E-state index in [-0.39, 0.29) is 11.4 Å². The van der Waals surface area contributed by atoms with Crippen LogP contribution in [0.15, 0.2) is 30.6 Å². The quantitative estimate of drug-likeness (QED) is 0.908. The number of hydrogen-bond donors (Lipinski definition) is 1. The van der Waals surface area contributed by atoms with Crippen LogP contribution in [0.1, 0.15) is 0 Å². The summed E-state index contributed by atoms with van der Waals surface area (Å²) in [6.45, 7) is 2.87. The molecule has 0 unspecified atom stereocenters. The molecule has 0 amide bonds. The zero-order chi connectivity index (χ0) is 13.9. The summed E-state index contributed by atoms with van der Waals surface area (Å²) in [4.78, 5) is 9.74. The molecule has 1 aromatic heterocycles. The topological polar surface area (TPSA) is 41.0 Å². The van der Waals surface area contributed by atoms with Crippen LogP contribution in [0.5, 0.6) is 0 Å². The molecule has 2 aromatic rings. The number of aromatic nitrogens is 2. The van der Waals surface area contributed by atoms with Gasteiger partial charge in [-0.1, -0.05) is 0 Å². The number of rotatable bonds is 2. The molecular weight excluding hydrogens is 262 g/mol. The lowest BCUT2D eigenvalue weighted by Crippen LogP contribution is -2.43. The highest BCUT2D eigenvalue weighted by atomic mass is 19.1. The van der Waals surface area contributed by atoms with Gasteiger partial charge in [0.25, 0.3) is 0 Å². The Kier molecular flexibility index (Phi) is 3.56. The predicted octanol–water partition coefficient (Wildman–Crippen LogP) is 1.83. The first-order valence-electron chi connectivity index (χ1n) is 6.48. The third-order valence-corrected chi connectivity index (χ3v) is 3.30. The maximum atomic E-state index is 14.2. The molecule has 4 nitrogen and oxygen atoms in total. The number of halogens is 2. The van der Waals surface area contributed by atoms with Crippen molar-refractivity contribution < 1.29 is 8.78 Å². The van der Waals surface area contributed by atoms with Crippen LogP contribution in [0.25, 0.3) is 11.4 Å². The van der Waals surface area contributed by atoms with Crippen molar-refractivity contribution in [2.45, 2.75) is 0 Å². The fourth-order valence-electron chi connectivity index (χ4n) is 2.29. The standard InChI is InChI=1S/C14H14F2N4/c15-11-9-13(20-6-4-17-5-7-20)12(16)8-10(11)14-18-2-1-3-19-14/h1-3,8-9,17H,4-7H2. The van der Waals surface area contributed by atoms with Gasteiger partial charge in [0.15, 0.2) is 5.82 Å². The van der Waals surface area contributed by atoms with Gasteiger partial charge in [-0.15, -0.1) is 0 Å². The van der Waals surface area contributed by atoms with E-state index in [9.17, 15) is 8.78 Å². The van der Waals surface area contributed by atoms with E-state index in [1.165, 1.54) is 24.5 Å². The Hall–Kier alpha value is -2.08. The van der Waals surface area contributed by atoms with Crippen molar-refractivity contribution in [3.63, 3.8) is 0 Å². The lowest BCUT2D eigenvalue weighted by atomic mass is 10.1. The fourth-order valence-corrected chi connectivity index (χ4v) is 2.29. The first-order valence-corrected chi connectivity index (χ1v) is 6.48. The minimum absolute atomic E-state index is 0.0852. The molecule has 1 aromatic carbocycles. The summed E-state index contributed by atoms with van der Waals surface area (Å²) in [5, 5.41) is 3.18. The molecule has 1 fully saturated rings. The molecule has 0 spiro atoms. The summed E-state index contributed by atoms with van der Waals surface area (Å²) in [6, 6.07) is 4.03. The van der Waals surface area contributed by atoms with Crippen LogP contribution in [0.4, 0.5) is 14.5 Å². The molecule has 3 rings (SSSR count). The number of hydrogen-bond acceptors (Lipinski definition) is 4. The Morgan fingerprint density at radius 2 is 1.70 bits per heavy atom. The van der Waals surface area contributed by atoms with Crippen molar-refractivity contribution in [3.05, 3.63) is 42.2 Å². The van der Waals surface area contributed by atoms with Crippen LogP contribution in [-0.4, -0.2) is 36.1 Å². The van der Waals surface area contributed by atoms with Gasteiger partial charge < -0.3 is 10.2 Å². The smallest absolute Gasteiger partial charge is 0.162 e. The van der Waals surface area contributed by atoms with E-state index in [2.05, 4.69) is 15.3 Å². The summed E-state index contributed by atoms with van der Waals surface area (Å²) in [6.07, 6.45) is 3.01. The monoisotopic (exact) mass is 276 g/mol. The Labute approximate surface area is 115 Å². The van der Waals surface area contributed by atoms with Gasteiger partial charge in [-0.2, -0.15) is 0 Å². The minimum atomic E-state index is -0.508. The second kappa shape index (κ2) is 5.50. The van der Waals surface area contributed by atoms with Crippen molar-refractivity contribution in [2.75, 3.05) is 31.1 Å². The van der Waals surface area contributed by atoms with Crippen LogP contribution in [-0.2, 0) is 0 Å². The number of anilines is 1. The van der Waals surface area contributed by atoms with Gasteiger partial charge >= 0.3 is 0 Å². The first-order chi connectivity index (χ1) is 9.75.